The molecule has 0 bridgehead atoms. The van der Waals surface area contributed by atoms with E-state index in [1.54, 1.807) is 12.1 Å². The molecule has 0 saturated carbocycles. The molecule has 0 aromatic heterocycles. The van der Waals surface area contributed by atoms with Crippen LogP contribution in [-0.2, 0) is 0 Å². The molecular weight excluding hydrogens is 153 g/mol. The van der Waals surface area contributed by atoms with Crippen LogP contribution in [0.5, 0.6) is 0 Å². The first-order chi connectivity index (χ1) is 5.79. The van der Waals surface area contributed by atoms with Gasteiger partial charge in [0.25, 0.3) is 0 Å². The molecule has 0 unspecified atom stereocenters. The number of terminal acetylenes is 1. The van der Waals surface area contributed by atoms with E-state index in [1.165, 1.54) is 6.07 Å². The van der Waals surface area contributed by atoms with Gasteiger partial charge >= 0.3 is 0 Å². The summed E-state index contributed by atoms with van der Waals surface area (Å²) in [6.07, 6.45) is 5.15. The maximum absolute atomic E-state index is 13.0. The average molecular weight is 163 g/mol. The Balaban J connectivity index is 3.11. The summed E-state index contributed by atoms with van der Waals surface area (Å²) in [5.74, 6) is 1.96. The predicted octanol–water partition coefficient (Wildman–Crippen LogP) is 2.24. The highest BCUT2D eigenvalue weighted by molar-refractivity contribution is 5.58. The Morgan fingerprint density at radius 3 is 2.92 bits per heavy atom. The Morgan fingerprint density at radius 1 is 1.58 bits per heavy atom. The number of anilines is 1. The third-order valence-corrected chi connectivity index (χ3v) is 1.53. The summed E-state index contributed by atoms with van der Waals surface area (Å²) in [4.78, 5) is 0. The first kappa shape index (κ1) is 8.61. The molecule has 12 heavy (non-hydrogen) atoms. The highest BCUT2D eigenvalue weighted by atomic mass is 19.1. The SMILES string of the molecule is C#Cc1c(F)cccc1NCC. The largest absolute Gasteiger partial charge is 0.384 e. The minimum Gasteiger partial charge on any atom is -0.384 e. The van der Waals surface area contributed by atoms with Crippen LogP contribution in [0.25, 0.3) is 0 Å². The van der Waals surface area contributed by atoms with Crippen LogP contribution in [0.3, 0.4) is 0 Å². The molecule has 0 aliphatic heterocycles. The maximum atomic E-state index is 13.0. The number of halogens is 1. The van der Waals surface area contributed by atoms with Crippen LogP contribution >= 0.6 is 0 Å². The number of nitrogens with one attached hydrogen (secondary N) is 1. The van der Waals surface area contributed by atoms with Crippen LogP contribution in [0, 0.1) is 18.2 Å². The molecule has 0 atom stereocenters. The molecule has 62 valence electrons. The molecule has 1 rings (SSSR count). The monoisotopic (exact) mass is 163 g/mol. The van der Waals surface area contributed by atoms with Crippen molar-refractivity contribution < 1.29 is 4.39 Å². The Labute approximate surface area is 71.6 Å². The number of hydrogen-bond acceptors (Lipinski definition) is 1. The van der Waals surface area contributed by atoms with E-state index >= 15 is 0 Å². The molecule has 1 N–H and O–H groups in total. The summed E-state index contributed by atoms with van der Waals surface area (Å²) in [7, 11) is 0. The molecule has 0 fully saturated rings. The van der Waals surface area contributed by atoms with Crippen molar-refractivity contribution in [2.75, 3.05) is 11.9 Å². The van der Waals surface area contributed by atoms with Crippen molar-refractivity contribution in [2.24, 2.45) is 0 Å². The van der Waals surface area contributed by atoms with Crippen molar-refractivity contribution in [3.05, 3.63) is 29.6 Å². The van der Waals surface area contributed by atoms with E-state index in [9.17, 15) is 4.39 Å². The van der Waals surface area contributed by atoms with E-state index in [1.807, 2.05) is 6.92 Å². The molecular formula is C10H10FN. The molecule has 0 aliphatic rings. The van der Waals surface area contributed by atoms with Crippen molar-refractivity contribution in [3.63, 3.8) is 0 Å². The summed E-state index contributed by atoms with van der Waals surface area (Å²) in [5, 5.41) is 2.99. The van der Waals surface area contributed by atoms with Gasteiger partial charge in [0.15, 0.2) is 0 Å². The fourth-order valence-corrected chi connectivity index (χ4v) is 1.01. The summed E-state index contributed by atoms with van der Waals surface area (Å²) >= 11 is 0. The van der Waals surface area contributed by atoms with Gasteiger partial charge in [0, 0.05) is 6.54 Å². The third-order valence-electron chi connectivity index (χ3n) is 1.53. The lowest BCUT2D eigenvalue weighted by Gasteiger charge is -2.05. The normalized spacial score (nSPS) is 9.08. The van der Waals surface area contributed by atoms with Crippen LogP contribution < -0.4 is 5.32 Å². The summed E-state index contributed by atoms with van der Waals surface area (Å²) < 4.78 is 13.0. The molecule has 0 heterocycles. The average Bonchev–Trinajstić information content (AvgIpc) is 2.05. The van der Waals surface area contributed by atoms with Gasteiger partial charge in [-0.25, -0.2) is 4.39 Å². The van der Waals surface area contributed by atoms with Gasteiger partial charge in [0.1, 0.15) is 5.82 Å². The molecule has 0 aliphatic carbocycles. The standard InChI is InChI=1S/C10H10FN/c1-3-8-9(11)6-5-7-10(8)12-4-2/h1,5-7,12H,4H2,2H3. The maximum Gasteiger partial charge on any atom is 0.140 e. The predicted molar refractivity (Wildman–Crippen MR) is 48.5 cm³/mol. The topological polar surface area (TPSA) is 12.0 Å². The second kappa shape index (κ2) is 3.77. The molecule has 1 aromatic rings. The zero-order valence-electron chi connectivity index (χ0n) is 6.89. The Kier molecular flexibility index (Phi) is 2.71. The highest BCUT2D eigenvalue weighted by Gasteiger charge is 2.03. The van der Waals surface area contributed by atoms with Crippen molar-refractivity contribution in [2.45, 2.75) is 6.92 Å². The van der Waals surface area contributed by atoms with E-state index in [2.05, 4.69) is 11.2 Å². The van der Waals surface area contributed by atoms with Crippen molar-refractivity contribution >= 4 is 5.69 Å². The summed E-state index contributed by atoms with van der Waals surface area (Å²) in [6.45, 7) is 2.67. The van der Waals surface area contributed by atoms with Crippen molar-refractivity contribution in [1.82, 2.24) is 0 Å². The van der Waals surface area contributed by atoms with Gasteiger partial charge in [0.05, 0.1) is 11.3 Å². The summed E-state index contributed by atoms with van der Waals surface area (Å²) in [6, 6.07) is 4.76. The molecule has 1 aromatic carbocycles. The van der Waals surface area contributed by atoms with Gasteiger partial charge in [-0.05, 0) is 19.1 Å². The zero-order chi connectivity index (χ0) is 8.97. The van der Waals surface area contributed by atoms with Gasteiger partial charge in [0.2, 0.25) is 0 Å². The minimum atomic E-state index is -0.351. The molecule has 0 amide bonds. The van der Waals surface area contributed by atoms with Gasteiger partial charge in [-0.3, -0.25) is 0 Å². The number of hydrogen-bond donors (Lipinski definition) is 1. The lowest BCUT2D eigenvalue weighted by atomic mass is 10.2. The lowest BCUT2D eigenvalue weighted by Crippen LogP contribution is -2.00. The van der Waals surface area contributed by atoms with Crippen molar-refractivity contribution in [3.8, 4) is 12.3 Å². The molecule has 0 radical (unpaired) electrons. The van der Waals surface area contributed by atoms with E-state index in [4.69, 9.17) is 6.42 Å². The zero-order valence-corrected chi connectivity index (χ0v) is 6.89. The van der Waals surface area contributed by atoms with Crippen LogP contribution in [0.2, 0.25) is 0 Å². The number of rotatable bonds is 2. The first-order valence-electron chi connectivity index (χ1n) is 3.78. The molecule has 0 spiro atoms. The van der Waals surface area contributed by atoms with Gasteiger partial charge < -0.3 is 5.32 Å². The Morgan fingerprint density at radius 2 is 2.33 bits per heavy atom. The van der Waals surface area contributed by atoms with E-state index in [0.717, 1.165) is 6.54 Å². The van der Waals surface area contributed by atoms with Crippen LogP contribution in [0.1, 0.15) is 12.5 Å². The van der Waals surface area contributed by atoms with Crippen LogP contribution in [-0.4, -0.2) is 6.54 Å². The second-order valence-corrected chi connectivity index (χ2v) is 2.34. The Bertz CT molecular complexity index is 312. The Hall–Kier alpha value is -1.49. The summed E-state index contributed by atoms with van der Waals surface area (Å²) in [5.41, 5.74) is 0.986. The lowest BCUT2D eigenvalue weighted by molar-refractivity contribution is 0.625. The van der Waals surface area contributed by atoms with E-state index < -0.39 is 0 Å². The quantitative estimate of drug-likeness (QED) is 0.659. The fourth-order valence-electron chi connectivity index (χ4n) is 1.01. The molecule has 2 heteroatoms. The molecule has 0 saturated heterocycles. The van der Waals surface area contributed by atoms with Gasteiger partial charge in [-0.15, -0.1) is 6.42 Å². The van der Waals surface area contributed by atoms with E-state index in [0.29, 0.717) is 11.3 Å². The molecule has 1 nitrogen and oxygen atoms in total. The van der Waals surface area contributed by atoms with E-state index in [-0.39, 0.29) is 5.82 Å². The van der Waals surface area contributed by atoms with Gasteiger partial charge in [-0.2, -0.15) is 0 Å². The first-order valence-corrected chi connectivity index (χ1v) is 3.78. The smallest absolute Gasteiger partial charge is 0.140 e. The fraction of sp³-hybridized carbons (Fsp3) is 0.200. The van der Waals surface area contributed by atoms with Crippen LogP contribution in [0.4, 0.5) is 10.1 Å². The van der Waals surface area contributed by atoms with Gasteiger partial charge in [-0.1, -0.05) is 12.0 Å². The third kappa shape index (κ3) is 1.57. The van der Waals surface area contributed by atoms with Crippen LogP contribution in [0.15, 0.2) is 18.2 Å². The highest BCUT2D eigenvalue weighted by Crippen LogP contribution is 2.16. The number of benzene rings is 1. The second-order valence-electron chi connectivity index (χ2n) is 2.34. The minimum absolute atomic E-state index is 0.305. The van der Waals surface area contributed by atoms with Crippen molar-refractivity contribution in [1.29, 1.82) is 0 Å².